The summed E-state index contributed by atoms with van der Waals surface area (Å²) >= 11 is 0. The number of carbonyl (C=O) groups excluding carboxylic acids is 1. The maximum atomic E-state index is 12.9. The predicted octanol–water partition coefficient (Wildman–Crippen LogP) is 3.68. The fourth-order valence-corrected chi connectivity index (χ4v) is 3.22. The molecule has 27 heavy (non-hydrogen) atoms. The maximum Gasteiger partial charge on any atom is 0.330 e. The van der Waals surface area contributed by atoms with Gasteiger partial charge in [0.25, 0.3) is 0 Å². The zero-order valence-electron chi connectivity index (χ0n) is 15.7. The van der Waals surface area contributed by atoms with Crippen LogP contribution in [0.4, 0.5) is 16.3 Å². The molecule has 1 aromatic carbocycles. The SMILES string of the molecule is Cc1ccc(N2CCN(c3cccc(-c4nncn4C(C)C)n3)C2=O)cc1. The monoisotopic (exact) mass is 362 g/mol. The Hall–Kier alpha value is -3.22. The second-order valence-corrected chi connectivity index (χ2v) is 6.96. The fourth-order valence-electron chi connectivity index (χ4n) is 3.22. The Kier molecular flexibility index (Phi) is 4.35. The number of benzene rings is 1. The van der Waals surface area contributed by atoms with Gasteiger partial charge in [-0.2, -0.15) is 0 Å². The van der Waals surface area contributed by atoms with Gasteiger partial charge in [0.2, 0.25) is 0 Å². The lowest BCUT2D eigenvalue weighted by Gasteiger charge is -2.19. The third-order valence-electron chi connectivity index (χ3n) is 4.72. The molecule has 0 bridgehead atoms. The normalized spacial score (nSPS) is 14.4. The molecule has 1 fully saturated rings. The molecular formula is C20H22N6O. The van der Waals surface area contributed by atoms with Crippen molar-refractivity contribution in [3.05, 3.63) is 54.4 Å². The molecule has 7 nitrogen and oxygen atoms in total. The minimum Gasteiger partial charge on any atom is -0.310 e. The van der Waals surface area contributed by atoms with Crippen LogP contribution in [0, 0.1) is 6.92 Å². The minimum absolute atomic E-state index is 0.0613. The van der Waals surface area contributed by atoms with Crippen molar-refractivity contribution < 1.29 is 4.79 Å². The van der Waals surface area contributed by atoms with E-state index in [2.05, 4.69) is 29.0 Å². The molecule has 0 spiro atoms. The molecule has 1 saturated heterocycles. The molecule has 3 heterocycles. The first-order valence-electron chi connectivity index (χ1n) is 9.07. The number of rotatable bonds is 4. The van der Waals surface area contributed by atoms with Crippen LogP contribution in [-0.2, 0) is 0 Å². The van der Waals surface area contributed by atoms with Crippen LogP contribution in [0.1, 0.15) is 25.5 Å². The van der Waals surface area contributed by atoms with Gasteiger partial charge < -0.3 is 4.57 Å². The number of aryl methyl sites for hydroxylation is 1. The van der Waals surface area contributed by atoms with E-state index in [4.69, 9.17) is 0 Å². The highest BCUT2D eigenvalue weighted by molar-refractivity contribution is 6.05. The highest BCUT2D eigenvalue weighted by atomic mass is 16.2. The van der Waals surface area contributed by atoms with Gasteiger partial charge in [0, 0.05) is 24.8 Å². The number of amides is 2. The van der Waals surface area contributed by atoms with E-state index < -0.39 is 0 Å². The lowest BCUT2D eigenvalue weighted by Crippen LogP contribution is -2.32. The number of carbonyl (C=O) groups is 1. The molecule has 2 aromatic heterocycles. The van der Waals surface area contributed by atoms with Crippen LogP contribution < -0.4 is 9.80 Å². The Labute approximate surface area is 158 Å². The van der Waals surface area contributed by atoms with Gasteiger partial charge in [0.1, 0.15) is 17.8 Å². The van der Waals surface area contributed by atoms with Crippen LogP contribution in [0.25, 0.3) is 11.5 Å². The Morgan fingerprint density at radius 1 is 1.00 bits per heavy atom. The summed E-state index contributed by atoms with van der Waals surface area (Å²) in [5.74, 6) is 1.33. The van der Waals surface area contributed by atoms with Gasteiger partial charge in [-0.3, -0.25) is 9.80 Å². The summed E-state index contributed by atoms with van der Waals surface area (Å²) in [5.41, 5.74) is 2.79. The Morgan fingerprint density at radius 3 is 2.48 bits per heavy atom. The third kappa shape index (κ3) is 3.16. The minimum atomic E-state index is -0.0613. The zero-order chi connectivity index (χ0) is 19.0. The Balaban J connectivity index is 1.62. The van der Waals surface area contributed by atoms with Crippen LogP contribution in [-0.4, -0.2) is 38.9 Å². The van der Waals surface area contributed by atoms with E-state index in [0.29, 0.717) is 30.4 Å². The molecule has 0 saturated carbocycles. The van der Waals surface area contributed by atoms with Gasteiger partial charge in [-0.05, 0) is 45.0 Å². The van der Waals surface area contributed by atoms with E-state index in [0.717, 1.165) is 5.69 Å². The second kappa shape index (κ2) is 6.83. The molecule has 138 valence electrons. The third-order valence-corrected chi connectivity index (χ3v) is 4.72. The highest BCUT2D eigenvalue weighted by Crippen LogP contribution is 2.26. The van der Waals surface area contributed by atoms with E-state index in [-0.39, 0.29) is 12.1 Å². The van der Waals surface area contributed by atoms with Gasteiger partial charge in [0.05, 0.1) is 0 Å². The summed E-state index contributed by atoms with van der Waals surface area (Å²) in [6.45, 7) is 7.41. The molecule has 7 heteroatoms. The van der Waals surface area contributed by atoms with Gasteiger partial charge in [-0.25, -0.2) is 9.78 Å². The van der Waals surface area contributed by atoms with Crippen molar-refractivity contribution in [2.24, 2.45) is 0 Å². The van der Waals surface area contributed by atoms with Crippen molar-refractivity contribution in [2.75, 3.05) is 22.9 Å². The summed E-state index contributed by atoms with van der Waals surface area (Å²) < 4.78 is 1.97. The molecule has 1 aliphatic rings. The topological polar surface area (TPSA) is 67.2 Å². The summed E-state index contributed by atoms with van der Waals surface area (Å²) in [5, 5.41) is 8.21. The zero-order valence-corrected chi connectivity index (χ0v) is 15.7. The number of hydrogen-bond acceptors (Lipinski definition) is 4. The first-order valence-corrected chi connectivity index (χ1v) is 9.07. The first kappa shape index (κ1) is 17.2. The number of anilines is 2. The quantitative estimate of drug-likeness (QED) is 0.710. The molecule has 0 aliphatic carbocycles. The standard InChI is InChI=1S/C20H22N6O/c1-14(2)26-13-21-23-19(26)17-5-4-6-18(22-17)25-12-11-24(20(25)27)16-9-7-15(3)8-10-16/h4-10,13-14H,11-12H2,1-3H3. The summed E-state index contributed by atoms with van der Waals surface area (Å²) in [6, 6.07) is 13.8. The van der Waals surface area contributed by atoms with Crippen LogP contribution in [0.15, 0.2) is 48.8 Å². The number of hydrogen-bond donors (Lipinski definition) is 0. The second-order valence-electron chi connectivity index (χ2n) is 6.96. The Bertz CT molecular complexity index is 963. The van der Waals surface area contributed by atoms with Crippen LogP contribution >= 0.6 is 0 Å². The molecule has 4 rings (SSSR count). The summed E-state index contributed by atoms with van der Waals surface area (Å²) in [6.07, 6.45) is 1.70. The summed E-state index contributed by atoms with van der Waals surface area (Å²) in [4.78, 5) is 21.1. The molecular weight excluding hydrogens is 340 g/mol. The fraction of sp³-hybridized carbons (Fsp3) is 0.300. The molecule has 0 N–H and O–H groups in total. The van der Waals surface area contributed by atoms with E-state index in [1.807, 2.05) is 54.0 Å². The maximum absolute atomic E-state index is 12.9. The lowest BCUT2D eigenvalue weighted by atomic mass is 10.2. The molecule has 2 amide bonds. The first-order chi connectivity index (χ1) is 13.0. The lowest BCUT2D eigenvalue weighted by molar-refractivity contribution is 0.255. The van der Waals surface area contributed by atoms with Crippen molar-refractivity contribution >= 4 is 17.5 Å². The predicted molar refractivity (Wildman–Crippen MR) is 105 cm³/mol. The molecule has 3 aromatic rings. The number of urea groups is 1. The number of aromatic nitrogens is 4. The Morgan fingerprint density at radius 2 is 1.74 bits per heavy atom. The van der Waals surface area contributed by atoms with E-state index in [1.165, 1.54) is 5.56 Å². The number of pyridine rings is 1. The van der Waals surface area contributed by atoms with Crippen molar-refractivity contribution in [1.82, 2.24) is 19.7 Å². The smallest absolute Gasteiger partial charge is 0.310 e. The van der Waals surface area contributed by atoms with E-state index in [9.17, 15) is 4.79 Å². The van der Waals surface area contributed by atoms with Crippen molar-refractivity contribution in [3.63, 3.8) is 0 Å². The van der Waals surface area contributed by atoms with Crippen molar-refractivity contribution in [3.8, 4) is 11.5 Å². The molecule has 0 radical (unpaired) electrons. The van der Waals surface area contributed by atoms with Gasteiger partial charge >= 0.3 is 6.03 Å². The average Bonchev–Trinajstić information content (AvgIpc) is 3.30. The van der Waals surface area contributed by atoms with Crippen LogP contribution in [0.2, 0.25) is 0 Å². The number of nitrogens with zero attached hydrogens (tertiary/aromatic N) is 6. The molecule has 0 unspecified atom stereocenters. The van der Waals surface area contributed by atoms with Gasteiger partial charge in [-0.1, -0.05) is 23.8 Å². The van der Waals surface area contributed by atoms with Crippen molar-refractivity contribution in [1.29, 1.82) is 0 Å². The molecule has 0 atom stereocenters. The van der Waals surface area contributed by atoms with Gasteiger partial charge in [-0.15, -0.1) is 10.2 Å². The largest absolute Gasteiger partial charge is 0.330 e. The van der Waals surface area contributed by atoms with Crippen LogP contribution in [0.5, 0.6) is 0 Å². The van der Waals surface area contributed by atoms with Gasteiger partial charge in [0.15, 0.2) is 5.82 Å². The highest BCUT2D eigenvalue weighted by Gasteiger charge is 2.31. The van der Waals surface area contributed by atoms with Crippen LogP contribution in [0.3, 0.4) is 0 Å². The van der Waals surface area contributed by atoms with E-state index >= 15 is 0 Å². The molecule has 1 aliphatic heterocycles. The average molecular weight is 362 g/mol. The summed E-state index contributed by atoms with van der Waals surface area (Å²) in [7, 11) is 0. The van der Waals surface area contributed by atoms with E-state index in [1.54, 1.807) is 16.1 Å². The van der Waals surface area contributed by atoms with Crippen molar-refractivity contribution in [2.45, 2.75) is 26.8 Å².